The SMILES string of the molecule is OC1CCCc2n[nH]nc21. The molecule has 54 valence electrons. The highest BCUT2D eigenvalue weighted by atomic mass is 16.3. The predicted molar refractivity (Wildman–Crippen MR) is 34.3 cm³/mol. The van der Waals surface area contributed by atoms with Crippen molar-refractivity contribution in [3.63, 3.8) is 0 Å². The standard InChI is InChI=1S/C6H9N3O/c10-5-3-1-2-4-6(5)8-9-7-4/h5,10H,1-3H2,(H,7,8,9). The van der Waals surface area contributed by atoms with E-state index in [1.807, 2.05) is 0 Å². The Kier molecular flexibility index (Phi) is 1.20. The second-order valence-electron chi connectivity index (χ2n) is 2.56. The van der Waals surface area contributed by atoms with E-state index >= 15 is 0 Å². The average molecular weight is 139 g/mol. The van der Waals surface area contributed by atoms with Crippen LogP contribution in [0.5, 0.6) is 0 Å². The van der Waals surface area contributed by atoms with Gasteiger partial charge in [-0.2, -0.15) is 15.4 Å². The first-order valence-electron chi connectivity index (χ1n) is 3.45. The summed E-state index contributed by atoms with van der Waals surface area (Å²) in [5.74, 6) is 0. The number of nitrogens with zero attached hydrogens (tertiary/aromatic N) is 2. The lowest BCUT2D eigenvalue weighted by atomic mass is 9.99. The fourth-order valence-electron chi connectivity index (χ4n) is 1.31. The molecule has 1 aliphatic carbocycles. The highest BCUT2D eigenvalue weighted by Gasteiger charge is 2.20. The highest BCUT2D eigenvalue weighted by Crippen LogP contribution is 2.25. The molecule has 0 fully saturated rings. The number of aryl methyl sites for hydroxylation is 1. The maximum atomic E-state index is 9.33. The summed E-state index contributed by atoms with van der Waals surface area (Å²) in [6.45, 7) is 0. The Balaban J connectivity index is 2.41. The van der Waals surface area contributed by atoms with Gasteiger partial charge in [-0.3, -0.25) is 0 Å². The molecule has 10 heavy (non-hydrogen) atoms. The van der Waals surface area contributed by atoms with E-state index in [2.05, 4.69) is 15.4 Å². The average Bonchev–Trinajstić information content (AvgIpc) is 2.36. The van der Waals surface area contributed by atoms with E-state index in [-0.39, 0.29) is 6.10 Å². The fraction of sp³-hybridized carbons (Fsp3) is 0.667. The number of aliphatic hydroxyl groups excluding tert-OH is 1. The van der Waals surface area contributed by atoms with Crippen LogP contribution in [0.15, 0.2) is 0 Å². The number of H-pyrrole nitrogens is 1. The second-order valence-corrected chi connectivity index (χ2v) is 2.56. The van der Waals surface area contributed by atoms with Gasteiger partial charge in [0, 0.05) is 0 Å². The van der Waals surface area contributed by atoms with Gasteiger partial charge in [-0.05, 0) is 19.3 Å². The number of hydrogen-bond donors (Lipinski definition) is 2. The molecule has 1 aromatic heterocycles. The molecule has 1 atom stereocenters. The first-order valence-corrected chi connectivity index (χ1v) is 3.45. The van der Waals surface area contributed by atoms with Crippen LogP contribution in [0.4, 0.5) is 0 Å². The number of nitrogens with one attached hydrogen (secondary N) is 1. The molecule has 0 amide bonds. The van der Waals surface area contributed by atoms with Crippen molar-refractivity contribution in [1.29, 1.82) is 0 Å². The third kappa shape index (κ3) is 0.724. The Morgan fingerprint density at radius 3 is 3.20 bits per heavy atom. The van der Waals surface area contributed by atoms with E-state index < -0.39 is 0 Å². The van der Waals surface area contributed by atoms with Crippen molar-refractivity contribution in [2.24, 2.45) is 0 Å². The van der Waals surface area contributed by atoms with Gasteiger partial charge in [-0.25, -0.2) is 0 Å². The summed E-state index contributed by atoms with van der Waals surface area (Å²) in [6.07, 6.45) is 2.39. The van der Waals surface area contributed by atoms with Crippen LogP contribution in [-0.4, -0.2) is 20.5 Å². The van der Waals surface area contributed by atoms with Gasteiger partial charge in [0.2, 0.25) is 0 Å². The molecule has 0 saturated carbocycles. The largest absolute Gasteiger partial charge is 0.387 e. The zero-order valence-corrected chi connectivity index (χ0v) is 5.54. The van der Waals surface area contributed by atoms with Gasteiger partial charge in [0.05, 0.1) is 11.8 Å². The molecule has 2 N–H and O–H groups in total. The normalized spacial score (nSPS) is 24.3. The lowest BCUT2D eigenvalue weighted by molar-refractivity contribution is 0.151. The van der Waals surface area contributed by atoms with Crippen molar-refractivity contribution in [3.8, 4) is 0 Å². The molecule has 1 aromatic rings. The molecule has 0 aromatic carbocycles. The first kappa shape index (κ1) is 5.85. The molecule has 0 spiro atoms. The second kappa shape index (κ2) is 2.05. The molecule has 0 aliphatic heterocycles. The maximum Gasteiger partial charge on any atom is 0.114 e. The van der Waals surface area contributed by atoms with Gasteiger partial charge < -0.3 is 5.11 Å². The van der Waals surface area contributed by atoms with Crippen LogP contribution in [0.1, 0.15) is 30.3 Å². The maximum absolute atomic E-state index is 9.33. The van der Waals surface area contributed by atoms with Crippen LogP contribution >= 0.6 is 0 Å². The van der Waals surface area contributed by atoms with Crippen LogP contribution in [0, 0.1) is 0 Å². The molecule has 1 heterocycles. The predicted octanol–water partition coefficient (Wildman–Crippen LogP) is 0.174. The molecule has 4 heteroatoms. The van der Waals surface area contributed by atoms with Crippen LogP contribution in [-0.2, 0) is 6.42 Å². The molecule has 2 rings (SSSR count). The smallest absolute Gasteiger partial charge is 0.114 e. The van der Waals surface area contributed by atoms with Gasteiger partial charge in [0.25, 0.3) is 0 Å². The number of aromatic nitrogens is 3. The van der Waals surface area contributed by atoms with Crippen molar-refractivity contribution in [1.82, 2.24) is 15.4 Å². The molecule has 1 unspecified atom stereocenters. The highest BCUT2D eigenvalue weighted by molar-refractivity contribution is 5.14. The quantitative estimate of drug-likeness (QED) is 0.538. The number of fused-ring (bicyclic) bond motifs is 1. The van der Waals surface area contributed by atoms with E-state index in [0.29, 0.717) is 0 Å². The van der Waals surface area contributed by atoms with Crippen LogP contribution < -0.4 is 0 Å². The van der Waals surface area contributed by atoms with Gasteiger partial charge in [0.1, 0.15) is 5.69 Å². The number of aromatic amines is 1. The monoisotopic (exact) mass is 139 g/mol. The molecule has 1 aliphatic rings. The summed E-state index contributed by atoms with van der Waals surface area (Å²) in [6, 6.07) is 0. The van der Waals surface area contributed by atoms with Crippen LogP contribution in [0.25, 0.3) is 0 Å². The zero-order chi connectivity index (χ0) is 6.97. The zero-order valence-electron chi connectivity index (χ0n) is 5.54. The molecular weight excluding hydrogens is 130 g/mol. The van der Waals surface area contributed by atoms with Crippen molar-refractivity contribution in [2.45, 2.75) is 25.4 Å². The molecular formula is C6H9N3O. The lowest BCUT2D eigenvalue weighted by Gasteiger charge is -2.13. The van der Waals surface area contributed by atoms with Gasteiger partial charge >= 0.3 is 0 Å². The molecule has 4 nitrogen and oxygen atoms in total. The summed E-state index contributed by atoms with van der Waals surface area (Å²) in [5, 5.41) is 19.6. The molecule has 0 saturated heterocycles. The summed E-state index contributed by atoms with van der Waals surface area (Å²) in [5.41, 5.74) is 1.67. The van der Waals surface area contributed by atoms with Crippen molar-refractivity contribution in [2.75, 3.05) is 0 Å². The number of hydrogen-bond acceptors (Lipinski definition) is 3. The fourth-order valence-corrected chi connectivity index (χ4v) is 1.31. The van der Waals surface area contributed by atoms with Crippen molar-refractivity contribution in [3.05, 3.63) is 11.4 Å². The van der Waals surface area contributed by atoms with Gasteiger partial charge in [-0.15, -0.1) is 0 Å². The van der Waals surface area contributed by atoms with E-state index in [9.17, 15) is 5.11 Å². The summed E-state index contributed by atoms with van der Waals surface area (Å²) >= 11 is 0. The van der Waals surface area contributed by atoms with Crippen molar-refractivity contribution >= 4 is 0 Å². The Morgan fingerprint density at radius 2 is 2.40 bits per heavy atom. The number of aliphatic hydroxyl groups is 1. The third-order valence-corrected chi connectivity index (χ3v) is 1.86. The summed E-state index contributed by atoms with van der Waals surface area (Å²) in [4.78, 5) is 0. The minimum absolute atomic E-state index is 0.387. The van der Waals surface area contributed by atoms with E-state index in [0.717, 1.165) is 30.7 Å². The Morgan fingerprint density at radius 1 is 1.50 bits per heavy atom. The summed E-state index contributed by atoms with van der Waals surface area (Å²) < 4.78 is 0. The Labute approximate surface area is 58.3 Å². The van der Waals surface area contributed by atoms with Gasteiger partial charge in [-0.1, -0.05) is 0 Å². The van der Waals surface area contributed by atoms with Crippen LogP contribution in [0.3, 0.4) is 0 Å². The van der Waals surface area contributed by atoms with E-state index in [1.54, 1.807) is 0 Å². The van der Waals surface area contributed by atoms with E-state index in [4.69, 9.17) is 0 Å². The minimum Gasteiger partial charge on any atom is -0.387 e. The van der Waals surface area contributed by atoms with E-state index in [1.165, 1.54) is 0 Å². The van der Waals surface area contributed by atoms with Gasteiger partial charge in [0.15, 0.2) is 0 Å². The topological polar surface area (TPSA) is 61.8 Å². The molecule has 0 radical (unpaired) electrons. The number of rotatable bonds is 0. The first-order chi connectivity index (χ1) is 4.88. The lowest BCUT2D eigenvalue weighted by Crippen LogP contribution is -2.08. The minimum atomic E-state index is -0.387. The third-order valence-electron chi connectivity index (χ3n) is 1.86. The molecule has 0 bridgehead atoms. The summed E-state index contributed by atoms with van der Waals surface area (Å²) in [7, 11) is 0. The van der Waals surface area contributed by atoms with Crippen LogP contribution in [0.2, 0.25) is 0 Å². The Bertz CT molecular complexity index is 233. The Hall–Kier alpha value is -0.900. The van der Waals surface area contributed by atoms with Crippen molar-refractivity contribution < 1.29 is 5.11 Å².